The van der Waals surface area contributed by atoms with Gasteiger partial charge >= 0.3 is 0 Å². The maximum Gasteiger partial charge on any atom is 0.0613 e. The van der Waals surface area contributed by atoms with E-state index in [9.17, 15) is 0 Å². The van der Waals surface area contributed by atoms with Crippen molar-refractivity contribution in [2.24, 2.45) is 0 Å². The van der Waals surface area contributed by atoms with Crippen molar-refractivity contribution >= 4 is 38.9 Å². The Hall–Kier alpha value is -6.78. The van der Waals surface area contributed by atoms with Crippen LogP contribution in [0.5, 0.6) is 0 Å². The van der Waals surface area contributed by atoms with Crippen LogP contribution in [0, 0.1) is 0 Å². The highest BCUT2D eigenvalue weighted by molar-refractivity contribution is 6.12. The molecular formula is C52H40N4. The van der Waals surface area contributed by atoms with E-state index in [0.717, 1.165) is 17.1 Å². The number of rotatable bonds is 5. The van der Waals surface area contributed by atoms with Crippen molar-refractivity contribution in [2.75, 3.05) is 4.90 Å². The van der Waals surface area contributed by atoms with Gasteiger partial charge in [0.05, 0.1) is 16.7 Å². The van der Waals surface area contributed by atoms with Gasteiger partial charge < -0.3 is 9.47 Å². The van der Waals surface area contributed by atoms with Gasteiger partial charge in [0, 0.05) is 74.6 Å². The lowest BCUT2D eigenvalue weighted by molar-refractivity contribution is 0.623. The van der Waals surface area contributed by atoms with Gasteiger partial charge in [-0.25, -0.2) is 0 Å². The van der Waals surface area contributed by atoms with Crippen LogP contribution in [0.25, 0.3) is 60.9 Å². The summed E-state index contributed by atoms with van der Waals surface area (Å²) < 4.78 is 2.41. The second-order valence-corrected chi connectivity index (χ2v) is 16.4. The number of fused-ring (bicyclic) bond motifs is 8. The molecule has 56 heavy (non-hydrogen) atoms. The summed E-state index contributed by atoms with van der Waals surface area (Å²) in [5.41, 5.74) is 19.3. The Labute approximate surface area is 327 Å². The maximum absolute atomic E-state index is 4.77. The van der Waals surface area contributed by atoms with Crippen molar-refractivity contribution in [1.29, 1.82) is 0 Å². The topological polar surface area (TPSA) is 34.0 Å². The van der Waals surface area contributed by atoms with E-state index in [1.807, 2.05) is 24.8 Å². The Morgan fingerprint density at radius 3 is 1.82 bits per heavy atom. The summed E-state index contributed by atoms with van der Waals surface area (Å²) in [6.07, 6.45) is 7.99. The zero-order chi connectivity index (χ0) is 37.8. The van der Waals surface area contributed by atoms with Gasteiger partial charge in [0.1, 0.15) is 0 Å². The highest BCUT2D eigenvalue weighted by atomic mass is 15.1. The lowest BCUT2D eigenvalue weighted by atomic mass is 9.76. The van der Waals surface area contributed by atoms with Gasteiger partial charge in [0.15, 0.2) is 0 Å². The van der Waals surface area contributed by atoms with Crippen molar-refractivity contribution in [2.45, 2.75) is 38.5 Å². The molecule has 2 aliphatic rings. The molecule has 0 bridgehead atoms. The third-order valence-electron chi connectivity index (χ3n) is 12.6. The minimum absolute atomic E-state index is 0.0963. The molecule has 11 rings (SSSR count). The molecule has 6 aromatic carbocycles. The van der Waals surface area contributed by atoms with Crippen molar-refractivity contribution in [1.82, 2.24) is 14.5 Å². The number of nitrogens with zero attached hydrogens (tertiary/aromatic N) is 4. The lowest BCUT2D eigenvalue weighted by Crippen LogP contribution is -2.26. The number of pyridine rings is 2. The quantitative estimate of drug-likeness (QED) is 0.177. The monoisotopic (exact) mass is 720 g/mol. The molecule has 1 aliphatic carbocycles. The van der Waals surface area contributed by atoms with E-state index in [1.54, 1.807) is 0 Å². The van der Waals surface area contributed by atoms with E-state index in [1.165, 1.54) is 83.1 Å². The van der Waals surface area contributed by atoms with Gasteiger partial charge in [-0.15, -0.1) is 0 Å². The molecule has 268 valence electrons. The average molecular weight is 721 g/mol. The van der Waals surface area contributed by atoms with Crippen molar-refractivity contribution < 1.29 is 0 Å². The molecule has 3 aromatic heterocycles. The predicted octanol–water partition coefficient (Wildman–Crippen LogP) is 13.3. The van der Waals surface area contributed by atoms with Crippen molar-refractivity contribution in [3.05, 3.63) is 193 Å². The van der Waals surface area contributed by atoms with Crippen LogP contribution in [-0.2, 0) is 10.8 Å². The zero-order valence-corrected chi connectivity index (χ0v) is 32.0. The van der Waals surface area contributed by atoms with Gasteiger partial charge in [-0.1, -0.05) is 119 Å². The van der Waals surface area contributed by atoms with Crippen LogP contribution >= 0.6 is 0 Å². The predicted molar refractivity (Wildman–Crippen MR) is 232 cm³/mol. The molecule has 0 atom stereocenters. The number of hydrogen-bond donors (Lipinski definition) is 0. The molecule has 0 unspecified atom stereocenters. The van der Waals surface area contributed by atoms with Gasteiger partial charge in [0.25, 0.3) is 0 Å². The SMILES string of the molecule is CC1(C)c2ccccc2-c2ccc(N(c3ccc(-c4ccccc4)cc3)c3ccc(-c4ccc5c(c4)c4cncc6c4n5-c4ccncc4C6(C)C)cc3)cc21. The number of anilines is 3. The first-order valence-corrected chi connectivity index (χ1v) is 19.5. The molecular weight excluding hydrogens is 681 g/mol. The smallest absolute Gasteiger partial charge is 0.0613 e. The van der Waals surface area contributed by atoms with E-state index in [-0.39, 0.29) is 10.8 Å². The van der Waals surface area contributed by atoms with Gasteiger partial charge in [-0.2, -0.15) is 0 Å². The van der Waals surface area contributed by atoms with Crippen LogP contribution in [0.15, 0.2) is 170 Å². The molecule has 0 spiro atoms. The zero-order valence-electron chi connectivity index (χ0n) is 32.0. The van der Waals surface area contributed by atoms with Crippen LogP contribution in [0.3, 0.4) is 0 Å². The summed E-state index contributed by atoms with van der Waals surface area (Å²) in [7, 11) is 0. The third kappa shape index (κ3) is 4.65. The Morgan fingerprint density at radius 2 is 1.05 bits per heavy atom. The summed E-state index contributed by atoms with van der Waals surface area (Å²) in [4.78, 5) is 11.7. The summed E-state index contributed by atoms with van der Waals surface area (Å²) in [6, 6.07) is 53.5. The molecule has 0 fully saturated rings. The van der Waals surface area contributed by atoms with Gasteiger partial charge in [-0.3, -0.25) is 9.97 Å². The first kappa shape index (κ1) is 32.6. The molecule has 0 radical (unpaired) electrons. The van der Waals surface area contributed by atoms with Crippen LogP contribution in [-0.4, -0.2) is 14.5 Å². The number of hydrogen-bond acceptors (Lipinski definition) is 3. The molecule has 4 heterocycles. The van der Waals surface area contributed by atoms with E-state index < -0.39 is 0 Å². The molecule has 0 saturated heterocycles. The standard InChI is InChI=1S/C52H40N4/c1-51(2)44-13-9-8-12-40(44)41-24-23-39(29-45(41)51)55(37-19-14-34(15-20-37)33-10-6-5-7-11-33)38-21-16-35(17-22-38)36-18-25-48-42(28-36)43-30-54-32-47-50(43)56(48)49-26-27-53-31-46(49)52(47,3)4/h5-32H,1-4H3. The summed E-state index contributed by atoms with van der Waals surface area (Å²) in [5.74, 6) is 0. The second-order valence-electron chi connectivity index (χ2n) is 16.4. The summed E-state index contributed by atoms with van der Waals surface area (Å²) in [5, 5.41) is 2.39. The van der Waals surface area contributed by atoms with E-state index in [0.29, 0.717) is 0 Å². The fourth-order valence-corrected chi connectivity index (χ4v) is 9.57. The largest absolute Gasteiger partial charge is 0.310 e. The highest BCUT2D eigenvalue weighted by Crippen LogP contribution is 2.51. The minimum atomic E-state index is -0.203. The Morgan fingerprint density at radius 1 is 0.446 bits per heavy atom. The van der Waals surface area contributed by atoms with Crippen molar-refractivity contribution in [3.63, 3.8) is 0 Å². The summed E-state index contributed by atoms with van der Waals surface area (Å²) >= 11 is 0. The van der Waals surface area contributed by atoms with E-state index >= 15 is 0 Å². The molecule has 0 saturated carbocycles. The van der Waals surface area contributed by atoms with Crippen LogP contribution in [0.1, 0.15) is 49.9 Å². The van der Waals surface area contributed by atoms with E-state index in [2.05, 4.69) is 188 Å². The first-order valence-electron chi connectivity index (χ1n) is 19.5. The Balaban J connectivity index is 1.02. The number of benzene rings is 6. The molecule has 0 N–H and O–H groups in total. The highest BCUT2D eigenvalue weighted by Gasteiger charge is 2.37. The molecule has 9 aromatic rings. The van der Waals surface area contributed by atoms with E-state index in [4.69, 9.17) is 4.98 Å². The Bertz CT molecular complexity index is 3010. The number of aromatic nitrogens is 3. The molecule has 4 nitrogen and oxygen atoms in total. The fraction of sp³-hybridized carbons (Fsp3) is 0.115. The van der Waals surface area contributed by atoms with Crippen LogP contribution in [0.4, 0.5) is 17.1 Å². The summed E-state index contributed by atoms with van der Waals surface area (Å²) in [6.45, 7) is 9.26. The molecule has 1 aliphatic heterocycles. The maximum atomic E-state index is 4.77. The van der Waals surface area contributed by atoms with Crippen LogP contribution < -0.4 is 4.90 Å². The van der Waals surface area contributed by atoms with Crippen molar-refractivity contribution in [3.8, 4) is 39.1 Å². The normalized spacial score (nSPS) is 14.4. The minimum Gasteiger partial charge on any atom is -0.310 e. The molecule has 0 amide bonds. The fourth-order valence-electron chi connectivity index (χ4n) is 9.57. The Kier molecular flexibility index (Phi) is 6.91. The average Bonchev–Trinajstić information content (AvgIpc) is 3.69. The lowest BCUT2D eigenvalue weighted by Gasteiger charge is -2.33. The third-order valence-corrected chi connectivity index (χ3v) is 12.6. The first-order chi connectivity index (χ1) is 27.3. The van der Waals surface area contributed by atoms with Crippen LogP contribution in [0.2, 0.25) is 0 Å². The van der Waals surface area contributed by atoms with Gasteiger partial charge in [-0.05, 0) is 99.1 Å². The molecule has 4 heteroatoms. The van der Waals surface area contributed by atoms with Gasteiger partial charge in [0.2, 0.25) is 0 Å². The second kappa shape index (κ2) is 11.9.